The van der Waals surface area contributed by atoms with E-state index in [0.29, 0.717) is 38.2 Å². The van der Waals surface area contributed by atoms with Gasteiger partial charge in [0.25, 0.3) is 5.91 Å². The van der Waals surface area contributed by atoms with Crippen LogP contribution in [0.4, 0.5) is 0 Å². The van der Waals surface area contributed by atoms with Gasteiger partial charge in [0, 0.05) is 30.9 Å². The van der Waals surface area contributed by atoms with Crippen molar-refractivity contribution in [2.75, 3.05) is 19.6 Å². The Labute approximate surface area is 153 Å². The van der Waals surface area contributed by atoms with E-state index in [1.54, 1.807) is 13.8 Å². The maximum Gasteiger partial charge on any atom is 0.258 e. The summed E-state index contributed by atoms with van der Waals surface area (Å²) in [5.74, 6) is -0.405. The molecule has 1 aromatic rings. The summed E-state index contributed by atoms with van der Waals surface area (Å²) in [5.41, 5.74) is 0.535. The molecular weight excluding hydrogens is 352 g/mol. The fraction of sp³-hybridized carbons (Fsp3) is 0.389. The number of sulfonamides is 1. The molecule has 2 rings (SSSR count). The molecule has 0 spiro atoms. The van der Waals surface area contributed by atoms with E-state index in [1.165, 1.54) is 33.5 Å². The molecule has 1 fully saturated rings. The van der Waals surface area contributed by atoms with Crippen molar-refractivity contribution in [3.8, 4) is 12.1 Å². The zero-order chi connectivity index (χ0) is 19.3. The smallest absolute Gasteiger partial charge is 0.258 e. The highest BCUT2D eigenvalue weighted by atomic mass is 32.2. The van der Waals surface area contributed by atoms with Crippen molar-refractivity contribution in [3.63, 3.8) is 0 Å². The molecule has 7 nitrogen and oxygen atoms in total. The van der Waals surface area contributed by atoms with Gasteiger partial charge in [0.1, 0.15) is 17.7 Å². The van der Waals surface area contributed by atoms with E-state index in [9.17, 15) is 13.2 Å². The molecule has 1 heterocycles. The van der Waals surface area contributed by atoms with Crippen LogP contribution in [0.25, 0.3) is 0 Å². The number of carbonyl (C=O) groups excluding carboxylic acids is 1. The number of carbonyl (C=O) groups is 1. The molecule has 1 amide bonds. The van der Waals surface area contributed by atoms with Gasteiger partial charge in [-0.1, -0.05) is 19.9 Å². The van der Waals surface area contributed by atoms with E-state index < -0.39 is 15.9 Å². The monoisotopic (exact) mass is 372 g/mol. The second-order valence-electron chi connectivity index (χ2n) is 5.72. The van der Waals surface area contributed by atoms with Gasteiger partial charge in [-0.15, -0.1) is 0 Å². The minimum absolute atomic E-state index is 0.0533. The molecule has 0 bridgehead atoms. The Bertz CT molecular complexity index is 902. The zero-order valence-corrected chi connectivity index (χ0v) is 15.6. The van der Waals surface area contributed by atoms with Gasteiger partial charge < -0.3 is 4.90 Å². The summed E-state index contributed by atoms with van der Waals surface area (Å²) in [4.78, 5) is 14.3. The Morgan fingerprint density at radius 3 is 2.46 bits per heavy atom. The Balaban J connectivity index is 2.43. The second-order valence-corrected chi connectivity index (χ2v) is 7.66. The second kappa shape index (κ2) is 8.13. The maximum absolute atomic E-state index is 12.8. The van der Waals surface area contributed by atoms with Crippen molar-refractivity contribution in [2.45, 2.75) is 31.6 Å². The van der Waals surface area contributed by atoms with Gasteiger partial charge in [-0.05, 0) is 31.0 Å². The van der Waals surface area contributed by atoms with Crippen molar-refractivity contribution >= 4 is 15.9 Å². The number of hydrogen-bond acceptors (Lipinski definition) is 5. The van der Waals surface area contributed by atoms with E-state index in [0.717, 1.165) is 0 Å². The van der Waals surface area contributed by atoms with Crippen LogP contribution in [0.2, 0.25) is 0 Å². The van der Waals surface area contributed by atoms with Crippen LogP contribution in [-0.2, 0) is 10.0 Å². The van der Waals surface area contributed by atoms with E-state index >= 15 is 0 Å². The van der Waals surface area contributed by atoms with Crippen molar-refractivity contribution in [1.29, 1.82) is 10.5 Å². The fourth-order valence-corrected chi connectivity index (χ4v) is 4.48. The number of amides is 1. The van der Waals surface area contributed by atoms with Crippen LogP contribution in [0.3, 0.4) is 0 Å². The first kappa shape index (κ1) is 19.6. The lowest BCUT2D eigenvalue weighted by molar-refractivity contribution is 0.0824. The first-order valence-electron chi connectivity index (χ1n) is 8.36. The van der Waals surface area contributed by atoms with E-state index in [1.807, 2.05) is 12.1 Å². The van der Waals surface area contributed by atoms with Gasteiger partial charge >= 0.3 is 0 Å². The number of nitrogens with zero attached hydrogens (tertiary/aromatic N) is 4. The Hall–Kier alpha value is -2.68. The predicted octanol–water partition coefficient (Wildman–Crippen LogP) is 2.25. The molecule has 8 heteroatoms. The standard InChI is InChI=1S/C18H20N4O3S/c1-3-21(4-2)26(24,25)16-8-5-7-14(11-16)18(23)22-10-6-9-17(22)15(12-19)13-20/h5,7-8,11H,3-4,6,9-10H2,1-2H3. The van der Waals surface area contributed by atoms with Crippen LogP contribution < -0.4 is 0 Å². The minimum atomic E-state index is -3.67. The highest BCUT2D eigenvalue weighted by Crippen LogP contribution is 2.27. The Morgan fingerprint density at radius 2 is 1.88 bits per heavy atom. The number of allylic oxidation sites excluding steroid dienone is 2. The van der Waals surface area contributed by atoms with Gasteiger partial charge in [-0.25, -0.2) is 8.42 Å². The van der Waals surface area contributed by atoms with Crippen LogP contribution in [-0.4, -0.2) is 43.2 Å². The van der Waals surface area contributed by atoms with E-state index in [2.05, 4.69) is 0 Å². The van der Waals surface area contributed by atoms with Gasteiger partial charge in [0.2, 0.25) is 10.0 Å². The van der Waals surface area contributed by atoms with Crippen LogP contribution in [0.15, 0.2) is 40.4 Å². The lowest BCUT2D eigenvalue weighted by atomic mass is 10.1. The SMILES string of the molecule is CCN(CC)S(=O)(=O)c1cccc(C(=O)N2CCCC2=C(C#N)C#N)c1. The number of likely N-dealkylation sites (tertiary alicyclic amines) is 1. The average molecular weight is 372 g/mol. The van der Waals surface area contributed by atoms with Crippen molar-refractivity contribution in [2.24, 2.45) is 0 Å². The maximum atomic E-state index is 12.8. The molecule has 0 saturated carbocycles. The van der Waals surface area contributed by atoms with Crippen molar-refractivity contribution in [3.05, 3.63) is 41.1 Å². The quantitative estimate of drug-likeness (QED) is 0.737. The number of benzene rings is 1. The zero-order valence-electron chi connectivity index (χ0n) is 14.8. The van der Waals surface area contributed by atoms with Crippen LogP contribution >= 0.6 is 0 Å². The largest absolute Gasteiger partial charge is 0.310 e. The first-order chi connectivity index (χ1) is 12.4. The summed E-state index contributed by atoms with van der Waals surface area (Å²) < 4.78 is 26.6. The van der Waals surface area contributed by atoms with Gasteiger partial charge in [-0.2, -0.15) is 14.8 Å². The lowest BCUT2D eigenvalue weighted by Gasteiger charge is -2.20. The molecule has 1 aliphatic heterocycles. The number of rotatable bonds is 5. The van der Waals surface area contributed by atoms with E-state index in [4.69, 9.17) is 10.5 Å². The van der Waals surface area contributed by atoms with Crippen molar-refractivity contribution < 1.29 is 13.2 Å². The van der Waals surface area contributed by atoms with Crippen LogP contribution in [0, 0.1) is 22.7 Å². The third-order valence-electron chi connectivity index (χ3n) is 4.30. The summed E-state index contributed by atoms with van der Waals surface area (Å²) in [6.45, 7) is 4.58. The molecule has 1 aromatic carbocycles. The third kappa shape index (κ3) is 3.62. The highest BCUT2D eigenvalue weighted by molar-refractivity contribution is 7.89. The number of hydrogen-bond donors (Lipinski definition) is 0. The number of nitriles is 2. The Kier molecular flexibility index (Phi) is 6.14. The average Bonchev–Trinajstić information content (AvgIpc) is 3.12. The van der Waals surface area contributed by atoms with Gasteiger partial charge in [0.15, 0.2) is 0 Å². The normalized spacial score (nSPS) is 14.2. The molecule has 0 N–H and O–H groups in total. The third-order valence-corrected chi connectivity index (χ3v) is 6.35. The summed E-state index contributed by atoms with van der Waals surface area (Å²) in [7, 11) is -3.67. The molecule has 136 valence electrons. The molecule has 26 heavy (non-hydrogen) atoms. The van der Waals surface area contributed by atoms with Crippen molar-refractivity contribution in [1.82, 2.24) is 9.21 Å². The summed E-state index contributed by atoms with van der Waals surface area (Å²) >= 11 is 0. The molecule has 0 atom stereocenters. The van der Waals surface area contributed by atoms with Crippen LogP contribution in [0.5, 0.6) is 0 Å². The highest BCUT2D eigenvalue weighted by Gasteiger charge is 2.29. The Morgan fingerprint density at radius 1 is 1.23 bits per heavy atom. The van der Waals surface area contributed by atoms with Gasteiger partial charge in [-0.3, -0.25) is 4.79 Å². The summed E-state index contributed by atoms with van der Waals surface area (Å²) in [6.07, 6.45) is 1.13. The topological polar surface area (TPSA) is 105 Å². The lowest BCUT2D eigenvalue weighted by Crippen LogP contribution is -2.31. The molecule has 0 radical (unpaired) electrons. The van der Waals surface area contributed by atoms with Crippen LogP contribution in [0.1, 0.15) is 37.0 Å². The first-order valence-corrected chi connectivity index (χ1v) is 9.80. The molecule has 1 aliphatic rings. The van der Waals surface area contributed by atoms with E-state index in [-0.39, 0.29) is 16.0 Å². The summed E-state index contributed by atoms with van der Waals surface area (Å²) in [6, 6.07) is 9.51. The molecule has 0 unspecified atom stereocenters. The molecule has 0 aliphatic carbocycles. The molecular formula is C18H20N4O3S. The fourth-order valence-electron chi connectivity index (χ4n) is 2.97. The molecule has 0 aromatic heterocycles. The summed E-state index contributed by atoms with van der Waals surface area (Å²) in [5, 5.41) is 18.1. The minimum Gasteiger partial charge on any atom is -0.310 e. The van der Waals surface area contributed by atoms with Gasteiger partial charge in [0.05, 0.1) is 4.90 Å². The molecule has 1 saturated heterocycles. The predicted molar refractivity (Wildman–Crippen MR) is 95.1 cm³/mol.